The van der Waals surface area contributed by atoms with Crippen molar-refractivity contribution in [2.24, 2.45) is 23.2 Å². The molecule has 0 unspecified atom stereocenters. The predicted molar refractivity (Wildman–Crippen MR) is 125 cm³/mol. The summed E-state index contributed by atoms with van der Waals surface area (Å²) in [6, 6.07) is 5.46. The maximum absolute atomic E-state index is 11.8. The van der Waals surface area contributed by atoms with E-state index in [1.807, 2.05) is 6.07 Å². The van der Waals surface area contributed by atoms with Gasteiger partial charge in [0.05, 0.1) is 11.2 Å². The second kappa shape index (κ2) is 7.87. The van der Waals surface area contributed by atoms with Crippen LogP contribution in [-0.2, 0) is 10.0 Å². The molecule has 0 radical (unpaired) electrons. The molecule has 5 fully saturated rings. The Bertz CT molecular complexity index is 968. The van der Waals surface area contributed by atoms with Crippen molar-refractivity contribution < 1.29 is 13.3 Å². The Balaban J connectivity index is 1.36. The van der Waals surface area contributed by atoms with Gasteiger partial charge in [0, 0.05) is 44.0 Å². The number of nitrogens with zero attached hydrogens (tertiary/aromatic N) is 3. The Hall–Kier alpha value is -1.87. The van der Waals surface area contributed by atoms with E-state index in [1.54, 1.807) is 12.1 Å². The minimum absolute atomic E-state index is 0.111. The summed E-state index contributed by atoms with van der Waals surface area (Å²) >= 11 is 0. The van der Waals surface area contributed by atoms with Crippen LogP contribution in [0.2, 0.25) is 0 Å². The van der Waals surface area contributed by atoms with Crippen LogP contribution < -0.4 is 10.2 Å². The molecule has 176 valence electrons. The molecule has 1 aromatic carbocycles. The quantitative estimate of drug-likeness (QED) is 0.512. The second-order valence-corrected chi connectivity index (χ2v) is 12.7. The monoisotopic (exact) mass is 462 g/mol. The predicted octanol–water partition coefficient (Wildman–Crippen LogP) is 3.69. The maximum atomic E-state index is 11.8. The van der Waals surface area contributed by atoms with E-state index in [2.05, 4.69) is 17.1 Å². The first-order chi connectivity index (χ1) is 15.1. The van der Waals surface area contributed by atoms with E-state index in [1.165, 1.54) is 49.1 Å². The molecule has 1 saturated heterocycles. The highest BCUT2D eigenvalue weighted by atomic mass is 32.2. The van der Waals surface area contributed by atoms with Crippen molar-refractivity contribution >= 4 is 27.1 Å². The van der Waals surface area contributed by atoms with Crippen LogP contribution >= 0.6 is 0 Å². The Morgan fingerprint density at radius 2 is 1.62 bits per heavy atom. The highest BCUT2D eigenvalue weighted by molar-refractivity contribution is 7.88. The van der Waals surface area contributed by atoms with E-state index in [0.717, 1.165) is 23.4 Å². The fraction of sp³-hybridized carbons (Fsp3) is 0.739. The van der Waals surface area contributed by atoms with Crippen LogP contribution in [0.3, 0.4) is 0 Å². The molecule has 8 nitrogen and oxygen atoms in total. The molecule has 9 heteroatoms. The van der Waals surface area contributed by atoms with Crippen molar-refractivity contribution in [1.82, 2.24) is 4.31 Å². The van der Waals surface area contributed by atoms with Crippen LogP contribution in [0.5, 0.6) is 0 Å². The second-order valence-electron chi connectivity index (χ2n) is 10.8. The summed E-state index contributed by atoms with van der Waals surface area (Å²) in [7, 11) is -3.19. The molecule has 0 aromatic heterocycles. The van der Waals surface area contributed by atoms with E-state index in [4.69, 9.17) is 0 Å². The molecular formula is C23H34N4O4S. The molecular weight excluding hydrogens is 428 g/mol. The smallest absolute Gasteiger partial charge is 0.292 e. The summed E-state index contributed by atoms with van der Waals surface area (Å²) in [6.07, 6.45) is 9.10. The number of sulfonamides is 1. The highest BCUT2D eigenvalue weighted by Gasteiger charge is 2.53. The van der Waals surface area contributed by atoms with Gasteiger partial charge in [-0.3, -0.25) is 10.1 Å². The van der Waals surface area contributed by atoms with Crippen LogP contribution in [-0.4, -0.2) is 56.1 Å². The van der Waals surface area contributed by atoms with Gasteiger partial charge in [0.15, 0.2) is 0 Å². The van der Waals surface area contributed by atoms with Crippen LogP contribution in [0.15, 0.2) is 18.2 Å². The third kappa shape index (κ3) is 3.98. The zero-order valence-corrected chi connectivity index (χ0v) is 19.8. The number of nitrogens with one attached hydrogen (secondary N) is 1. The topological polar surface area (TPSA) is 95.8 Å². The van der Waals surface area contributed by atoms with Crippen LogP contribution in [0.25, 0.3) is 0 Å². The first-order valence-electron chi connectivity index (χ1n) is 11.9. The first-order valence-corrected chi connectivity index (χ1v) is 13.7. The van der Waals surface area contributed by atoms with Crippen LogP contribution in [0.1, 0.15) is 45.4 Å². The third-order valence-electron chi connectivity index (χ3n) is 8.63. The average molecular weight is 463 g/mol. The molecule has 1 aliphatic heterocycles. The number of rotatable bonds is 6. The summed E-state index contributed by atoms with van der Waals surface area (Å²) in [5, 5.41) is 15.4. The summed E-state index contributed by atoms with van der Waals surface area (Å²) in [6.45, 7) is 4.24. The van der Waals surface area contributed by atoms with Crippen LogP contribution in [0.4, 0.5) is 17.1 Å². The molecule has 5 aliphatic rings. The molecule has 4 bridgehead atoms. The summed E-state index contributed by atoms with van der Waals surface area (Å²) in [5.74, 6) is 2.49. The van der Waals surface area contributed by atoms with Crippen molar-refractivity contribution in [2.75, 3.05) is 42.7 Å². The van der Waals surface area contributed by atoms with Gasteiger partial charge in [0.2, 0.25) is 10.0 Å². The van der Waals surface area contributed by atoms with Crippen LogP contribution in [0, 0.1) is 33.3 Å². The zero-order valence-electron chi connectivity index (χ0n) is 19.0. The molecule has 1 atom stereocenters. The number of anilines is 2. The minimum Gasteiger partial charge on any atom is -0.376 e. The van der Waals surface area contributed by atoms with E-state index in [-0.39, 0.29) is 22.1 Å². The van der Waals surface area contributed by atoms with Gasteiger partial charge in [-0.25, -0.2) is 8.42 Å². The van der Waals surface area contributed by atoms with Gasteiger partial charge in [0.25, 0.3) is 5.69 Å². The molecule has 4 aliphatic carbocycles. The first kappa shape index (κ1) is 21.9. The molecule has 1 heterocycles. The standard InChI is InChI=1S/C23H34N4O4S/c1-16(23-13-17-9-18(14-23)11-19(10-17)15-23)24-21-12-20(3-4-22(21)27(28)29)25-5-7-26(8-6-25)32(2,30)31/h3-4,12,16-19,24H,5-11,13-15H2,1-2H3/t16-,17?,18?,19?,23?/m0/s1. The maximum Gasteiger partial charge on any atom is 0.292 e. The van der Waals surface area contributed by atoms with Gasteiger partial charge in [-0.15, -0.1) is 0 Å². The molecule has 1 aromatic rings. The lowest BCUT2D eigenvalue weighted by Crippen LogP contribution is -2.53. The highest BCUT2D eigenvalue weighted by Crippen LogP contribution is 2.61. The minimum atomic E-state index is -3.19. The number of hydrogen-bond acceptors (Lipinski definition) is 6. The molecule has 0 spiro atoms. The summed E-state index contributed by atoms with van der Waals surface area (Å²) in [5.41, 5.74) is 1.85. The number of benzene rings is 1. The van der Waals surface area contributed by atoms with Gasteiger partial charge in [0.1, 0.15) is 5.69 Å². The van der Waals surface area contributed by atoms with Crippen molar-refractivity contribution in [3.05, 3.63) is 28.3 Å². The number of piperazine rings is 1. The number of nitro groups is 1. The SMILES string of the molecule is C[C@H](Nc1cc(N2CCN(S(C)(=O)=O)CC2)ccc1[N+](=O)[O-])C12CC3CC(CC(C3)C1)C2. The normalized spacial score (nSPS) is 33.3. The van der Waals surface area contributed by atoms with Crippen molar-refractivity contribution in [3.8, 4) is 0 Å². The van der Waals surface area contributed by atoms with Crippen molar-refractivity contribution in [3.63, 3.8) is 0 Å². The summed E-state index contributed by atoms with van der Waals surface area (Å²) < 4.78 is 25.1. The zero-order chi connectivity index (χ0) is 22.7. The fourth-order valence-electron chi connectivity index (χ4n) is 7.37. The molecule has 32 heavy (non-hydrogen) atoms. The lowest BCUT2D eigenvalue weighted by molar-refractivity contribution is -0.384. The van der Waals surface area contributed by atoms with Gasteiger partial charge in [-0.05, 0) is 80.8 Å². The molecule has 4 saturated carbocycles. The number of nitro benzene ring substituents is 1. The molecule has 6 rings (SSSR count). The molecule has 1 N–H and O–H groups in total. The van der Waals surface area contributed by atoms with Crippen molar-refractivity contribution in [2.45, 2.75) is 51.5 Å². The van der Waals surface area contributed by atoms with E-state index in [0.29, 0.717) is 31.9 Å². The van der Waals surface area contributed by atoms with Gasteiger partial charge in [-0.1, -0.05) is 0 Å². The van der Waals surface area contributed by atoms with Gasteiger partial charge in [-0.2, -0.15) is 4.31 Å². The lowest BCUT2D eigenvalue weighted by Gasteiger charge is -2.59. The fourth-order valence-corrected chi connectivity index (χ4v) is 8.19. The Morgan fingerprint density at radius 3 is 2.12 bits per heavy atom. The van der Waals surface area contributed by atoms with Gasteiger partial charge < -0.3 is 10.2 Å². The van der Waals surface area contributed by atoms with Gasteiger partial charge >= 0.3 is 0 Å². The third-order valence-corrected chi connectivity index (χ3v) is 9.93. The Kier molecular flexibility index (Phi) is 5.40. The van der Waals surface area contributed by atoms with E-state index < -0.39 is 10.0 Å². The molecule has 0 amide bonds. The van der Waals surface area contributed by atoms with E-state index >= 15 is 0 Å². The van der Waals surface area contributed by atoms with Crippen molar-refractivity contribution in [1.29, 1.82) is 0 Å². The lowest BCUT2D eigenvalue weighted by atomic mass is 9.48. The summed E-state index contributed by atoms with van der Waals surface area (Å²) in [4.78, 5) is 13.6. The largest absolute Gasteiger partial charge is 0.376 e. The Morgan fingerprint density at radius 1 is 1.06 bits per heavy atom. The Labute approximate surface area is 190 Å². The van der Waals surface area contributed by atoms with E-state index in [9.17, 15) is 18.5 Å². The number of hydrogen-bond donors (Lipinski definition) is 1. The average Bonchev–Trinajstić information content (AvgIpc) is 2.72.